The molecule has 33 heavy (non-hydrogen) atoms. The molecule has 1 aliphatic heterocycles. The van der Waals surface area contributed by atoms with Crippen molar-refractivity contribution in [3.05, 3.63) is 40.7 Å². The number of aliphatic hydroxyl groups is 1. The number of carbonyl (C=O) groups is 1. The summed E-state index contributed by atoms with van der Waals surface area (Å²) in [7, 11) is 0. The van der Waals surface area contributed by atoms with Gasteiger partial charge in [0.15, 0.2) is 5.16 Å². The third kappa shape index (κ3) is 4.60. The molecule has 178 valence electrons. The molecule has 1 aromatic carbocycles. The van der Waals surface area contributed by atoms with Crippen molar-refractivity contribution in [1.29, 1.82) is 0 Å². The van der Waals surface area contributed by atoms with Gasteiger partial charge in [-0.2, -0.15) is 10.1 Å². The number of nitrogens with zero attached hydrogens (tertiary/aromatic N) is 5. The summed E-state index contributed by atoms with van der Waals surface area (Å²) < 4.78 is 54.4. The average Bonchev–Trinajstić information content (AvgIpc) is 3.31. The van der Waals surface area contributed by atoms with Gasteiger partial charge in [-0.3, -0.25) is 4.79 Å². The zero-order chi connectivity index (χ0) is 23.9. The Morgan fingerprint density at radius 3 is 2.55 bits per heavy atom. The molecule has 1 aliphatic carbocycles. The number of halogens is 5. The maximum absolute atomic E-state index is 13.3. The Morgan fingerprint density at radius 2 is 1.94 bits per heavy atom. The van der Waals surface area contributed by atoms with Gasteiger partial charge in [0.1, 0.15) is 11.5 Å². The molecule has 4 rings (SSSR count). The zero-order valence-corrected chi connectivity index (χ0v) is 18.9. The maximum Gasteiger partial charge on any atom is 0.287 e. The highest BCUT2D eigenvalue weighted by Crippen LogP contribution is 2.54. The smallest absolute Gasteiger partial charge is 0.287 e. The Balaban J connectivity index is 1.45. The average molecular weight is 506 g/mol. The lowest BCUT2D eigenvalue weighted by atomic mass is 10.1. The number of thioether (sulfide) groups is 1. The summed E-state index contributed by atoms with van der Waals surface area (Å²) in [5.41, 5.74) is -2.92. The number of hydrogen-bond acceptors (Lipinski definition) is 6. The van der Waals surface area contributed by atoms with Crippen molar-refractivity contribution in [2.45, 2.75) is 61.9 Å². The highest BCUT2D eigenvalue weighted by atomic mass is 35.5. The van der Waals surface area contributed by atoms with E-state index in [-0.39, 0.29) is 16.8 Å². The summed E-state index contributed by atoms with van der Waals surface area (Å²) in [4.78, 5) is 12.5. The second-order valence-corrected chi connectivity index (χ2v) is 9.21. The standard InChI is InChI=1S/C20H20ClF4N5O2S/c1-2-29-17(13-7-12(13)10-3-5-11(21)6-4-10)26-27-19(29)33-9-15(31)30-20(32,18(24)25)8-14(28-30)16(22)23/h3-6,12-13,16,18,32H,2,7-9H2,1H3. The fourth-order valence-electron chi connectivity index (χ4n) is 3.88. The molecule has 1 saturated carbocycles. The van der Waals surface area contributed by atoms with Crippen LogP contribution in [0.4, 0.5) is 17.6 Å². The summed E-state index contributed by atoms with van der Waals surface area (Å²) in [5, 5.41) is 22.9. The molecule has 3 unspecified atom stereocenters. The number of alkyl halides is 4. The van der Waals surface area contributed by atoms with Gasteiger partial charge in [-0.25, -0.2) is 17.6 Å². The van der Waals surface area contributed by atoms with E-state index in [0.29, 0.717) is 16.7 Å². The van der Waals surface area contributed by atoms with Crippen LogP contribution in [0.15, 0.2) is 34.5 Å². The minimum atomic E-state index is -3.46. The largest absolute Gasteiger partial charge is 0.364 e. The topological polar surface area (TPSA) is 83.6 Å². The van der Waals surface area contributed by atoms with Crippen LogP contribution < -0.4 is 0 Å². The van der Waals surface area contributed by atoms with Gasteiger partial charge in [0.05, 0.1) is 5.75 Å². The van der Waals surface area contributed by atoms with Crippen LogP contribution in [0.2, 0.25) is 5.02 Å². The molecule has 0 bridgehead atoms. The van der Waals surface area contributed by atoms with Gasteiger partial charge in [-0.1, -0.05) is 35.5 Å². The molecule has 0 saturated heterocycles. The SMILES string of the molecule is CCn1c(SCC(=O)N2N=C(C(F)F)CC2(O)C(F)F)nnc1C1CC1c1ccc(Cl)cc1. The summed E-state index contributed by atoms with van der Waals surface area (Å²) in [6.07, 6.45) is -6.85. The first-order valence-corrected chi connectivity index (χ1v) is 11.5. The third-order valence-electron chi connectivity index (χ3n) is 5.68. The van der Waals surface area contributed by atoms with Crippen LogP contribution in [0.25, 0.3) is 0 Å². The number of rotatable bonds is 8. The van der Waals surface area contributed by atoms with Gasteiger partial charge in [0.25, 0.3) is 18.8 Å². The van der Waals surface area contributed by atoms with E-state index < -0.39 is 42.4 Å². The van der Waals surface area contributed by atoms with E-state index in [1.54, 1.807) is 0 Å². The van der Waals surface area contributed by atoms with Gasteiger partial charge in [-0.15, -0.1) is 10.2 Å². The molecule has 0 spiro atoms. The molecule has 1 fully saturated rings. The normalized spacial score (nSPS) is 24.6. The predicted octanol–water partition coefficient (Wildman–Crippen LogP) is 4.12. The van der Waals surface area contributed by atoms with Gasteiger partial charge < -0.3 is 9.67 Å². The zero-order valence-electron chi connectivity index (χ0n) is 17.3. The van der Waals surface area contributed by atoms with Crippen LogP contribution in [-0.4, -0.2) is 60.8 Å². The molecule has 1 amide bonds. The van der Waals surface area contributed by atoms with E-state index in [0.717, 1.165) is 29.6 Å². The van der Waals surface area contributed by atoms with Gasteiger partial charge >= 0.3 is 0 Å². The van der Waals surface area contributed by atoms with Crippen LogP contribution in [0.1, 0.15) is 43.0 Å². The number of carbonyl (C=O) groups excluding carboxylic acids is 1. The van der Waals surface area contributed by atoms with Crippen LogP contribution in [0.5, 0.6) is 0 Å². The summed E-state index contributed by atoms with van der Waals surface area (Å²) in [6.45, 7) is 2.40. The van der Waals surface area contributed by atoms with Crippen molar-refractivity contribution in [3.8, 4) is 0 Å². The van der Waals surface area contributed by atoms with Crippen molar-refractivity contribution in [2.24, 2.45) is 5.10 Å². The fraction of sp³-hybridized carbons (Fsp3) is 0.500. The first-order valence-electron chi connectivity index (χ1n) is 10.2. The minimum absolute atomic E-state index is 0.0666. The van der Waals surface area contributed by atoms with Crippen LogP contribution >= 0.6 is 23.4 Å². The molecule has 0 radical (unpaired) electrons. The highest BCUT2D eigenvalue weighted by molar-refractivity contribution is 7.99. The molecule has 7 nitrogen and oxygen atoms in total. The van der Waals surface area contributed by atoms with E-state index in [4.69, 9.17) is 11.6 Å². The Labute approximate surface area is 195 Å². The molecule has 2 heterocycles. The molecular weight excluding hydrogens is 486 g/mol. The Bertz CT molecular complexity index is 1070. The number of amides is 1. The van der Waals surface area contributed by atoms with E-state index in [1.807, 2.05) is 35.8 Å². The first kappa shape index (κ1) is 24.0. The van der Waals surface area contributed by atoms with E-state index in [9.17, 15) is 27.5 Å². The van der Waals surface area contributed by atoms with E-state index in [2.05, 4.69) is 15.3 Å². The summed E-state index contributed by atoms with van der Waals surface area (Å²) in [5.74, 6) is -0.307. The van der Waals surface area contributed by atoms with Gasteiger partial charge in [0.2, 0.25) is 5.72 Å². The van der Waals surface area contributed by atoms with Gasteiger partial charge in [0, 0.05) is 23.9 Å². The van der Waals surface area contributed by atoms with Crippen LogP contribution in [0.3, 0.4) is 0 Å². The van der Waals surface area contributed by atoms with Crippen molar-refractivity contribution in [1.82, 2.24) is 19.8 Å². The van der Waals surface area contributed by atoms with Crippen molar-refractivity contribution in [2.75, 3.05) is 5.75 Å². The van der Waals surface area contributed by atoms with Crippen molar-refractivity contribution in [3.63, 3.8) is 0 Å². The maximum atomic E-state index is 13.3. The Morgan fingerprint density at radius 1 is 1.24 bits per heavy atom. The highest BCUT2D eigenvalue weighted by Gasteiger charge is 2.53. The summed E-state index contributed by atoms with van der Waals surface area (Å²) >= 11 is 6.87. The summed E-state index contributed by atoms with van der Waals surface area (Å²) in [6, 6.07) is 7.57. The van der Waals surface area contributed by atoms with Crippen molar-refractivity contribution >= 4 is 35.0 Å². The van der Waals surface area contributed by atoms with Gasteiger partial charge in [-0.05, 0) is 37.0 Å². The second-order valence-electron chi connectivity index (χ2n) is 7.83. The first-order chi connectivity index (χ1) is 15.7. The molecule has 3 atom stereocenters. The molecule has 1 N–H and O–H groups in total. The lowest BCUT2D eigenvalue weighted by Crippen LogP contribution is -2.52. The predicted molar refractivity (Wildman–Crippen MR) is 114 cm³/mol. The quantitative estimate of drug-likeness (QED) is 0.431. The number of hydrazone groups is 1. The minimum Gasteiger partial charge on any atom is -0.364 e. The van der Waals surface area contributed by atoms with Crippen LogP contribution in [0, 0.1) is 0 Å². The number of aromatic nitrogens is 3. The number of hydrogen-bond donors (Lipinski definition) is 1. The van der Waals surface area contributed by atoms with E-state index >= 15 is 0 Å². The Kier molecular flexibility index (Phi) is 6.70. The van der Waals surface area contributed by atoms with Crippen molar-refractivity contribution < 1.29 is 27.5 Å². The lowest BCUT2D eigenvalue weighted by Gasteiger charge is -2.29. The molecule has 2 aromatic rings. The number of benzene rings is 1. The third-order valence-corrected chi connectivity index (χ3v) is 6.88. The second kappa shape index (κ2) is 9.22. The molecular formula is C20H20ClF4N5O2S. The van der Waals surface area contributed by atoms with E-state index in [1.165, 1.54) is 0 Å². The molecule has 2 aliphatic rings. The van der Waals surface area contributed by atoms with Crippen LogP contribution in [-0.2, 0) is 11.3 Å². The molecule has 1 aromatic heterocycles. The monoisotopic (exact) mass is 505 g/mol. The lowest BCUT2D eigenvalue weighted by molar-refractivity contribution is -0.190. The Hall–Kier alpha value is -2.18. The fourth-order valence-corrected chi connectivity index (χ4v) is 4.86. The molecule has 13 heteroatoms.